The lowest BCUT2D eigenvalue weighted by molar-refractivity contribution is 0.169. The monoisotopic (exact) mass is 230 g/mol. The molecule has 1 aromatic carbocycles. The van der Waals surface area contributed by atoms with Gasteiger partial charge in [-0.3, -0.25) is 0 Å². The van der Waals surface area contributed by atoms with E-state index in [4.69, 9.17) is 23.2 Å². The molecule has 0 radical (unpaired) electrons. The van der Waals surface area contributed by atoms with Crippen molar-refractivity contribution in [1.82, 2.24) is 0 Å². The summed E-state index contributed by atoms with van der Waals surface area (Å²) in [5, 5.41) is 10.8. The van der Waals surface area contributed by atoms with E-state index < -0.39 is 0 Å². The maximum Gasteiger partial charge on any atom is 0.0546 e. The molecule has 1 aliphatic carbocycles. The zero-order chi connectivity index (χ0) is 10.3. The minimum absolute atomic E-state index is 0.244. The molecule has 0 heterocycles. The van der Waals surface area contributed by atoms with Gasteiger partial charge in [-0.15, -0.1) is 0 Å². The van der Waals surface area contributed by atoms with Crippen LogP contribution in [0.3, 0.4) is 0 Å². The third kappa shape index (κ3) is 1.90. The molecule has 1 aliphatic rings. The highest BCUT2D eigenvalue weighted by Crippen LogP contribution is 2.51. The molecule has 0 bridgehead atoms. The summed E-state index contributed by atoms with van der Waals surface area (Å²) in [6, 6.07) is 5.56. The molecule has 0 spiro atoms. The summed E-state index contributed by atoms with van der Waals surface area (Å²) in [5.41, 5.74) is 1.11. The largest absolute Gasteiger partial charge is 0.393 e. The summed E-state index contributed by atoms with van der Waals surface area (Å²) in [5.74, 6) is 0.786. The molecule has 1 fully saturated rings. The predicted octanol–water partition coefficient (Wildman–Crippen LogP) is 3.48. The van der Waals surface area contributed by atoms with Crippen LogP contribution in [-0.2, 0) is 0 Å². The van der Waals surface area contributed by atoms with E-state index in [1.165, 1.54) is 0 Å². The van der Waals surface area contributed by atoms with E-state index in [1.807, 2.05) is 19.1 Å². The van der Waals surface area contributed by atoms with E-state index in [0.29, 0.717) is 21.9 Å². The molecule has 0 unspecified atom stereocenters. The van der Waals surface area contributed by atoms with Crippen LogP contribution in [0.2, 0.25) is 10.0 Å². The van der Waals surface area contributed by atoms with E-state index in [-0.39, 0.29) is 6.10 Å². The van der Waals surface area contributed by atoms with Crippen LogP contribution in [0.15, 0.2) is 18.2 Å². The maximum absolute atomic E-state index is 9.40. The highest BCUT2D eigenvalue weighted by Gasteiger charge is 2.42. The molecule has 0 aliphatic heterocycles. The van der Waals surface area contributed by atoms with Crippen molar-refractivity contribution >= 4 is 23.2 Å². The minimum Gasteiger partial charge on any atom is -0.393 e. The first-order valence-corrected chi connectivity index (χ1v) is 5.48. The lowest BCUT2D eigenvalue weighted by Gasteiger charge is -2.05. The van der Waals surface area contributed by atoms with Crippen LogP contribution in [0.4, 0.5) is 0 Å². The van der Waals surface area contributed by atoms with E-state index >= 15 is 0 Å². The van der Waals surface area contributed by atoms with Crippen molar-refractivity contribution in [2.45, 2.75) is 25.4 Å². The second-order valence-corrected chi connectivity index (χ2v) is 4.76. The van der Waals surface area contributed by atoms with Gasteiger partial charge in [0.15, 0.2) is 0 Å². The summed E-state index contributed by atoms with van der Waals surface area (Å²) >= 11 is 11.9. The second kappa shape index (κ2) is 3.73. The van der Waals surface area contributed by atoms with Gasteiger partial charge in [0, 0.05) is 10.0 Å². The molecule has 1 nitrogen and oxygen atoms in total. The number of hydrogen-bond donors (Lipinski definition) is 1. The summed E-state index contributed by atoms with van der Waals surface area (Å²) in [6.07, 6.45) is 0.783. The quantitative estimate of drug-likeness (QED) is 0.826. The van der Waals surface area contributed by atoms with E-state index in [0.717, 1.165) is 12.0 Å². The Labute approximate surface area is 93.7 Å². The van der Waals surface area contributed by atoms with Gasteiger partial charge in [-0.2, -0.15) is 0 Å². The van der Waals surface area contributed by atoms with E-state index in [1.54, 1.807) is 6.07 Å². The van der Waals surface area contributed by atoms with Crippen molar-refractivity contribution in [2.24, 2.45) is 5.92 Å². The van der Waals surface area contributed by atoms with Crippen LogP contribution in [0, 0.1) is 5.92 Å². The van der Waals surface area contributed by atoms with Crippen LogP contribution in [0.25, 0.3) is 0 Å². The molecule has 2 rings (SSSR count). The van der Waals surface area contributed by atoms with Crippen LogP contribution < -0.4 is 0 Å². The van der Waals surface area contributed by atoms with E-state index in [2.05, 4.69) is 0 Å². The van der Waals surface area contributed by atoms with Crippen LogP contribution in [0.1, 0.15) is 24.8 Å². The van der Waals surface area contributed by atoms with Crippen molar-refractivity contribution in [3.8, 4) is 0 Å². The summed E-state index contributed by atoms with van der Waals surface area (Å²) < 4.78 is 0. The van der Waals surface area contributed by atoms with Gasteiger partial charge in [0.25, 0.3) is 0 Å². The van der Waals surface area contributed by atoms with Gasteiger partial charge in [-0.05, 0) is 42.9 Å². The van der Waals surface area contributed by atoms with Gasteiger partial charge >= 0.3 is 0 Å². The topological polar surface area (TPSA) is 20.2 Å². The molecule has 14 heavy (non-hydrogen) atoms. The zero-order valence-corrected chi connectivity index (χ0v) is 9.39. The molecule has 3 atom stereocenters. The van der Waals surface area contributed by atoms with Crippen molar-refractivity contribution in [2.75, 3.05) is 0 Å². The molecule has 3 heteroatoms. The lowest BCUT2D eigenvalue weighted by Crippen LogP contribution is -2.03. The molecular formula is C11H12Cl2O. The molecule has 1 aromatic rings. The SMILES string of the molecule is C[C@H](O)[C@@H]1C[C@H]1c1ccc(Cl)cc1Cl. The fraction of sp³-hybridized carbons (Fsp3) is 0.455. The van der Waals surface area contributed by atoms with Crippen LogP contribution >= 0.6 is 23.2 Å². The summed E-state index contributed by atoms with van der Waals surface area (Å²) in [4.78, 5) is 0. The Morgan fingerprint density at radius 1 is 1.43 bits per heavy atom. The molecule has 0 saturated heterocycles. The third-order valence-electron chi connectivity index (χ3n) is 2.82. The number of aliphatic hydroxyl groups excluding tert-OH is 1. The van der Waals surface area contributed by atoms with Gasteiger partial charge in [0.1, 0.15) is 0 Å². The number of rotatable bonds is 2. The third-order valence-corrected chi connectivity index (χ3v) is 3.38. The van der Waals surface area contributed by atoms with Crippen LogP contribution in [-0.4, -0.2) is 11.2 Å². The fourth-order valence-electron chi connectivity index (χ4n) is 1.91. The van der Waals surface area contributed by atoms with Gasteiger partial charge in [-0.1, -0.05) is 29.3 Å². The average Bonchev–Trinajstić information content (AvgIpc) is 2.83. The lowest BCUT2D eigenvalue weighted by atomic mass is 10.1. The van der Waals surface area contributed by atoms with Gasteiger partial charge in [0.2, 0.25) is 0 Å². The highest BCUT2D eigenvalue weighted by molar-refractivity contribution is 6.35. The zero-order valence-electron chi connectivity index (χ0n) is 7.87. The van der Waals surface area contributed by atoms with Gasteiger partial charge in [0.05, 0.1) is 6.10 Å². The van der Waals surface area contributed by atoms with Crippen molar-refractivity contribution in [1.29, 1.82) is 0 Å². The fourth-order valence-corrected chi connectivity index (χ4v) is 2.46. The maximum atomic E-state index is 9.40. The highest BCUT2D eigenvalue weighted by atomic mass is 35.5. The molecule has 0 aromatic heterocycles. The number of benzene rings is 1. The molecule has 1 saturated carbocycles. The Balaban J connectivity index is 2.19. The Hall–Kier alpha value is -0.240. The first-order chi connectivity index (χ1) is 6.59. The van der Waals surface area contributed by atoms with Gasteiger partial charge in [-0.25, -0.2) is 0 Å². The molecule has 76 valence electrons. The molecular weight excluding hydrogens is 219 g/mol. The molecule has 0 amide bonds. The van der Waals surface area contributed by atoms with Crippen LogP contribution in [0.5, 0.6) is 0 Å². The Kier molecular flexibility index (Phi) is 2.74. The summed E-state index contributed by atoms with van der Waals surface area (Å²) in [7, 11) is 0. The van der Waals surface area contributed by atoms with E-state index in [9.17, 15) is 5.11 Å². The normalized spacial score (nSPS) is 27.4. The summed E-state index contributed by atoms with van der Waals surface area (Å²) in [6.45, 7) is 1.83. The van der Waals surface area contributed by atoms with Crippen molar-refractivity contribution in [3.05, 3.63) is 33.8 Å². The Morgan fingerprint density at radius 2 is 2.14 bits per heavy atom. The first kappa shape index (κ1) is 10.3. The first-order valence-electron chi connectivity index (χ1n) is 4.72. The predicted molar refractivity (Wildman–Crippen MR) is 59.0 cm³/mol. The van der Waals surface area contributed by atoms with Crippen molar-refractivity contribution < 1.29 is 5.11 Å². The standard InChI is InChI=1S/C11H12Cl2O/c1-6(14)9-5-10(9)8-3-2-7(12)4-11(8)13/h2-4,6,9-10,14H,5H2,1H3/t6-,9-,10-/m0/s1. The Bertz CT molecular complexity index is 349. The molecule has 1 N–H and O–H groups in total. The second-order valence-electron chi connectivity index (χ2n) is 3.91. The van der Waals surface area contributed by atoms with Gasteiger partial charge < -0.3 is 5.11 Å². The number of hydrogen-bond acceptors (Lipinski definition) is 1. The van der Waals surface area contributed by atoms with Crippen molar-refractivity contribution in [3.63, 3.8) is 0 Å². The minimum atomic E-state index is -0.244. The smallest absolute Gasteiger partial charge is 0.0546 e. The number of halogens is 2. The number of aliphatic hydroxyl groups is 1. The average molecular weight is 231 g/mol. The Morgan fingerprint density at radius 3 is 2.64 bits per heavy atom.